The Morgan fingerprint density at radius 2 is 2.04 bits per heavy atom. The number of carbonyl (C=O) groups is 1. The number of nitrogens with zero attached hydrogens (tertiary/aromatic N) is 1. The Bertz CT molecular complexity index is 925. The predicted molar refractivity (Wildman–Crippen MR) is 102 cm³/mol. The average Bonchev–Trinajstić information content (AvgIpc) is 2.65. The highest BCUT2D eigenvalue weighted by atomic mass is 35.5. The number of fused-ring (bicyclic) bond motifs is 1. The molecule has 1 atom stereocenters. The van der Waals surface area contributed by atoms with E-state index < -0.39 is 5.97 Å². The normalized spacial score (nSPS) is 12.1. The van der Waals surface area contributed by atoms with E-state index in [1.807, 2.05) is 30.3 Å². The van der Waals surface area contributed by atoms with Crippen LogP contribution in [-0.4, -0.2) is 22.6 Å². The number of carboxylic acids is 1. The molecule has 0 amide bonds. The van der Waals surface area contributed by atoms with Crippen molar-refractivity contribution < 1.29 is 14.6 Å². The molecule has 0 aliphatic rings. The fourth-order valence-electron chi connectivity index (χ4n) is 2.87. The molecule has 1 heterocycles. The van der Waals surface area contributed by atoms with E-state index in [0.717, 1.165) is 22.0 Å². The van der Waals surface area contributed by atoms with Crippen LogP contribution in [0.15, 0.2) is 54.7 Å². The Balaban J connectivity index is 1.83. The summed E-state index contributed by atoms with van der Waals surface area (Å²) in [6.07, 6.45) is 1.71. The van der Waals surface area contributed by atoms with Gasteiger partial charge in [-0.15, -0.1) is 0 Å². The highest BCUT2D eigenvalue weighted by Gasteiger charge is 2.16. The van der Waals surface area contributed by atoms with Gasteiger partial charge in [0.1, 0.15) is 12.4 Å². The Morgan fingerprint density at radius 1 is 1.23 bits per heavy atom. The van der Waals surface area contributed by atoms with Crippen molar-refractivity contribution in [1.82, 2.24) is 4.98 Å². The molecule has 0 spiro atoms. The van der Waals surface area contributed by atoms with Gasteiger partial charge in [-0.05, 0) is 36.4 Å². The Kier molecular flexibility index (Phi) is 5.71. The molecule has 3 N–H and O–H groups in total. The molecule has 0 saturated carbocycles. The molecule has 3 rings (SSSR count). The van der Waals surface area contributed by atoms with Crippen LogP contribution >= 0.6 is 11.6 Å². The lowest BCUT2D eigenvalue weighted by Crippen LogP contribution is -2.16. The minimum absolute atomic E-state index is 0.0352. The monoisotopic (exact) mass is 370 g/mol. The molecule has 3 aromatic rings. The fraction of sp³-hybridized carbons (Fsp3) is 0.200. The van der Waals surface area contributed by atoms with Crippen molar-refractivity contribution in [2.75, 3.05) is 6.54 Å². The Morgan fingerprint density at radius 3 is 2.81 bits per heavy atom. The molecule has 6 heteroatoms. The molecule has 0 bridgehead atoms. The van der Waals surface area contributed by atoms with Gasteiger partial charge in [-0.3, -0.25) is 9.78 Å². The van der Waals surface area contributed by atoms with Gasteiger partial charge in [-0.1, -0.05) is 35.9 Å². The summed E-state index contributed by atoms with van der Waals surface area (Å²) in [4.78, 5) is 15.3. The second-order valence-corrected chi connectivity index (χ2v) is 6.40. The quantitative estimate of drug-likeness (QED) is 0.657. The van der Waals surface area contributed by atoms with Gasteiger partial charge < -0.3 is 15.6 Å². The summed E-state index contributed by atoms with van der Waals surface area (Å²) in [5, 5.41) is 10.5. The van der Waals surface area contributed by atoms with Crippen molar-refractivity contribution in [3.63, 3.8) is 0 Å². The number of aromatic nitrogens is 1. The highest BCUT2D eigenvalue weighted by molar-refractivity contribution is 6.32. The number of halogens is 1. The van der Waals surface area contributed by atoms with Crippen molar-refractivity contribution in [3.8, 4) is 5.75 Å². The lowest BCUT2D eigenvalue weighted by molar-refractivity contribution is -0.137. The van der Waals surface area contributed by atoms with Crippen LogP contribution < -0.4 is 10.5 Å². The highest BCUT2D eigenvalue weighted by Crippen LogP contribution is 2.31. The number of aliphatic carboxylic acids is 1. The first-order valence-corrected chi connectivity index (χ1v) is 8.63. The van der Waals surface area contributed by atoms with Crippen molar-refractivity contribution in [1.29, 1.82) is 0 Å². The average molecular weight is 371 g/mol. The second-order valence-electron chi connectivity index (χ2n) is 6.00. The van der Waals surface area contributed by atoms with Crippen LogP contribution in [0.3, 0.4) is 0 Å². The molecule has 0 aliphatic heterocycles. The van der Waals surface area contributed by atoms with E-state index in [4.69, 9.17) is 27.2 Å². The van der Waals surface area contributed by atoms with Crippen LogP contribution in [0, 0.1) is 0 Å². The molecule has 134 valence electrons. The minimum Gasteiger partial charge on any atom is -0.487 e. The third-order valence-electron chi connectivity index (χ3n) is 4.25. The van der Waals surface area contributed by atoms with E-state index in [0.29, 0.717) is 17.4 Å². The maximum atomic E-state index is 11.0. The molecule has 1 aromatic heterocycles. The van der Waals surface area contributed by atoms with Gasteiger partial charge in [0.2, 0.25) is 0 Å². The van der Waals surface area contributed by atoms with E-state index >= 15 is 0 Å². The molecular formula is C20H19ClN2O3. The first kappa shape index (κ1) is 18.2. The van der Waals surface area contributed by atoms with E-state index in [1.165, 1.54) is 0 Å². The lowest BCUT2D eigenvalue weighted by atomic mass is 9.96. The van der Waals surface area contributed by atoms with Gasteiger partial charge in [-0.25, -0.2) is 0 Å². The number of pyridine rings is 1. The van der Waals surface area contributed by atoms with Crippen molar-refractivity contribution >= 4 is 28.5 Å². The number of rotatable bonds is 7. The van der Waals surface area contributed by atoms with Crippen molar-refractivity contribution in [2.45, 2.75) is 18.9 Å². The summed E-state index contributed by atoms with van der Waals surface area (Å²) < 4.78 is 5.92. The largest absolute Gasteiger partial charge is 0.487 e. The number of hydrogen-bond acceptors (Lipinski definition) is 4. The minimum atomic E-state index is -0.888. The van der Waals surface area contributed by atoms with E-state index in [1.54, 1.807) is 24.4 Å². The third kappa shape index (κ3) is 4.12. The second kappa shape index (κ2) is 8.17. The zero-order chi connectivity index (χ0) is 18.5. The summed E-state index contributed by atoms with van der Waals surface area (Å²) in [5.74, 6) is -0.663. The van der Waals surface area contributed by atoms with E-state index in [9.17, 15) is 4.79 Å². The smallest absolute Gasteiger partial charge is 0.304 e. The summed E-state index contributed by atoms with van der Waals surface area (Å²) in [6, 6.07) is 15.0. The van der Waals surface area contributed by atoms with Gasteiger partial charge in [-0.2, -0.15) is 0 Å². The summed E-state index contributed by atoms with van der Waals surface area (Å²) in [6.45, 7) is 0.570. The molecule has 5 nitrogen and oxygen atoms in total. The number of hydrogen-bond donors (Lipinski definition) is 2. The standard InChI is InChI=1S/C20H19ClN2O3/c21-17-6-5-13(15(11-22)10-20(24)25)9-19(17)26-12-14-7-8-23-18-4-2-1-3-16(14)18/h1-9,15H,10-12,22H2,(H,24,25)/t15-/m0/s1. The summed E-state index contributed by atoms with van der Waals surface area (Å²) in [5.41, 5.74) is 8.42. The maximum Gasteiger partial charge on any atom is 0.304 e. The summed E-state index contributed by atoms with van der Waals surface area (Å²) in [7, 11) is 0. The molecule has 0 radical (unpaired) electrons. The SMILES string of the molecule is NC[C@H](CC(=O)O)c1ccc(Cl)c(OCc2ccnc3ccccc23)c1. The van der Waals surface area contributed by atoms with Gasteiger partial charge in [0.25, 0.3) is 0 Å². The fourth-order valence-corrected chi connectivity index (χ4v) is 3.04. The zero-order valence-electron chi connectivity index (χ0n) is 14.1. The van der Waals surface area contributed by atoms with Crippen LogP contribution in [0.25, 0.3) is 10.9 Å². The lowest BCUT2D eigenvalue weighted by Gasteiger charge is -2.16. The first-order chi connectivity index (χ1) is 12.6. The first-order valence-electron chi connectivity index (χ1n) is 8.25. The number of ether oxygens (including phenoxy) is 1. The van der Waals surface area contributed by atoms with E-state index in [-0.39, 0.29) is 18.9 Å². The molecule has 0 fully saturated rings. The maximum absolute atomic E-state index is 11.0. The van der Waals surface area contributed by atoms with Gasteiger partial charge in [0.05, 0.1) is 17.0 Å². The van der Waals surface area contributed by atoms with Gasteiger partial charge >= 0.3 is 5.97 Å². The predicted octanol–water partition coefficient (Wildman–Crippen LogP) is 3.98. The number of nitrogens with two attached hydrogens (primary N) is 1. The molecule has 0 aliphatic carbocycles. The van der Waals surface area contributed by atoms with Crippen LogP contribution in [0.4, 0.5) is 0 Å². The van der Waals surface area contributed by atoms with Crippen LogP contribution in [-0.2, 0) is 11.4 Å². The number of carboxylic acid groups (broad SMARTS) is 1. The van der Waals surface area contributed by atoms with Crippen LogP contribution in [0.1, 0.15) is 23.5 Å². The van der Waals surface area contributed by atoms with Crippen LogP contribution in [0.5, 0.6) is 5.75 Å². The third-order valence-corrected chi connectivity index (χ3v) is 4.57. The summed E-state index contributed by atoms with van der Waals surface area (Å²) >= 11 is 6.25. The zero-order valence-corrected chi connectivity index (χ0v) is 14.8. The van der Waals surface area contributed by atoms with E-state index in [2.05, 4.69) is 4.98 Å². The van der Waals surface area contributed by atoms with Gasteiger partial charge in [0.15, 0.2) is 0 Å². The Labute approximate surface area is 156 Å². The van der Waals surface area contributed by atoms with Gasteiger partial charge in [0, 0.05) is 23.1 Å². The molecule has 0 unspecified atom stereocenters. The molecular weight excluding hydrogens is 352 g/mol. The van der Waals surface area contributed by atoms with Crippen molar-refractivity contribution in [2.24, 2.45) is 5.73 Å². The number of para-hydroxylation sites is 1. The molecule has 2 aromatic carbocycles. The molecule has 0 saturated heterocycles. The number of benzene rings is 2. The molecule has 26 heavy (non-hydrogen) atoms. The topological polar surface area (TPSA) is 85.4 Å². The Hall–Kier alpha value is -2.63. The van der Waals surface area contributed by atoms with Crippen molar-refractivity contribution in [3.05, 3.63) is 70.9 Å². The van der Waals surface area contributed by atoms with Crippen LogP contribution in [0.2, 0.25) is 5.02 Å².